The molecule has 1 fully saturated rings. The molecular formula is C25H16F26O3. The highest BCUT2D eigenvalue weighted by atomic mass is 19.4. The summed E-state index contributed by atoms with van der Waals surface area (Å²) in [6.07, 6.45) is -29.6. The van der Waals surface area contributed by atoms with Crippen molar-refractivity contribution in [3.63, 3.8) is 0 Å². The van der Waals surface area contributed by atoms with E-state index < -0.39 is 127 Å². The summed E-state index contributed by atoms with van der Waals surface area (Å²) in [6, 6.07) is 3.06. The molecule has 3 nitrogen and oxygen atoms in total. The van der Waals surface area contributed by atoms with Crippen LogP contribution in [0.4, 0.5) is 114 Å². The standard InChI is InChI=1S/C25H16F26O3/c26-14(27,16(30,31)18(34,35)20(38,39)22(42,43)24(46,47)48)6-4-13(9-53-12(54-13)10-2-1-3-11(52)8-10)5-7-15(28,29)17(32,33)19(36,37)21(40,41)23(44,45)25(49,50)51/h1-3,8,12,52H,4-7,9H2. The van der Waals surface area contributed by atoms with E-state index in [2.05, 4.69) is 0 Å². The van der Waals surface area contributed by atoms with Crippen molar-refractivity contribution in [3.05, 3.63) is 29.8 Å². The van der Waals surface area contributed by atoms with Gasteiger partial charge in [0.2, 0.25) is 0 Å². The molecule has 0 radical (unpaired) electrons. The second-order valence-electron chi connectivity index (χ2n) is 11.5. The summed E-state index contributed by atoms with van der Waals surface area (Å²) in [5, 5.41) is 9.51. The Morgan fingerprint density at radius 3 is 1.15 bits per heavy atom. The number of rotatable bonds is 15. The van der Waals surface area contributed by atoms with Crippen LogP contribution in [0, 0.1) is 0 Å². The Bertz CT molecular complexity index is 1400. The average Bonchev–Trinajstić information content (AvgIpc) is 3.42. The number of ether oxygens (including phenoxy) is 2. The monoisotopic (exact) mass is 858 g/mol. The Balaban J connectivity index is 2.59. The van der Waals surface area contributed by atoms with Gasteiger partial charge in [0.1, 0.15) is 5.75 Å². The first kappa shape index (κ1) is 47.3. The van der Waals surface area contributed by atoms with Gasteiger partial charge < -0.3 is 14.6 Å². The zero-order valence-electron chi connectivity index (χ0n) is 25.0. The molecule has 1 aliphatic rings. The topological polar surface area (TPSA) is 38.7 Å². The fourth-order valence-corrected chi connectivity index (χ4v) is 4.43. The number of alkyl halides is 26. The summed E-state index contributed by atoms with van der Waals surface area (Å²) in [4.78, 5) is 0. The molecule has 1 N–H and O–H groups in total. The predicted octanol–water partition coefficient (Wildman–Crippen LogP) is 11.2. The number of hydrogen-bond donors (Lipinski definition) is 1. The maximum absolute atomic E-state index is 14.5. The zero-order valence-corrected chi connectivity index (χ0v) is 25.0. The van der Waals surface area contributed by atoms with Gasteiger partial charge in [-0.3, -0.25) is 0 Å². The first-order valence-electron chi connectivity index (χ1n) is 13.5. The Hall–Kier alpha value is -2.88. The molecule has 1 aliphatic heterocycles. The molecule has 1 heterocycles. The van der Waals surface area contributed by atoms with Crippen molar-refractivity contribution in [2.24, 2.45) is 0 Å². The Morgan fingerprint density at radius 1 is 0.500 bits per heavy atom. The first-order chi connectivity index (χ1) is 23.5. The van der Waals surface area contributed by atoms with Crippen molar-refractivity contribution in [2.75, 3.05) is 6.61 Å². The van der Waals surface area contributed by atoms with E-state index in [1.54, 1.807) is 0 Å². The lowest BCUT2D eigenvalue weighted by Crippen LogP contribution is -2.70. The largest absolute Gasteiger partial charge is 0.508 e. The van der Waals surface area contributed by atoms with Gasteiger partial charge in [-0.2, -0.15) is 114 Å². The van der Waals surface area contributed by atoms with Gasteiger partial charge in [0.15, 0.2) is 6.29 Å². The van der Waals surface area contributed by atoms with Crippen molar-refractivity contribution < 1.29 is 129 Å². The van der Waals surface area contributed by atoms with Gasteiger partial charge in [0, 0.05) is 18.4 Å². The molecule has 1 aromatic carbocycles. The van der Waals surface area contributed by atoms with Gasteiger partial charge >= 0.3 is 71.6 Å². The van der Waals surface area contributed by atoms with Crippen molar-refractivity contribution in [2.45, 2.75) is 109 Å². The minimum absolute atomic E-state index is 0.569. The average molecular weight is 858 g/mol. The molecule has 54 heavy (non-hydrogen) atoms. The summed E-state index contributed by atoms with van der Waals surface area (Å²) in [5.74, 6) is -80.8. The van der Waals surface area contributed by atoms with Gasteiger partial charge in [-0.05, 0) is 25.0 Å². The van der Waals surface area contributed by atoms with Crippen LogP contribution in [0.2, 0.25) is 0 Å². The summed E-state index contributed by atoms with van der Waals surface area (Å²) < 4.78 is 361. The second-order valence-corrected chi connectivity index (χ2v) is 11.5. The Kier molecular flexibility index (Phi) is 11.7. The van der Waals surface area contributed by atoms with E-state index in [-0.39, 0.29) is 0 Å². The molecule has 0 amide bonds. The zero-order chi connectivity index (χ0) is 43.0. The number of benzene rings is 1. The van der Waals surface area contributed by atoms with E-state index in [1.807, 2.05) is 0 Å². The molecular weight excluding hydrogens is 842 g/mol. The quantitative estimate of drug-likeness (QED) is 0.179. The fraction of sp³-hybridized carbons (Fsp3) is 0.760. The van der Waals surface area contributed by atoms with E-state index >= 15 is 0 Å². The van der Waals surface area contributed by atoms with Crippen molar-refractivity contribution >= 4 is 0 Å². The lowest BCUT2D eigenvalue weighted by molar-refractivity contribution is -0.440. The number of hydrogen-bond acceptors (Lipinski definition) is 3. The number of phenolic OH excluding ortho intramolecular Hbond substituents is 1. The van der Waals surface area contributed by atoms with E-state index in [4.69, 9.17) is 9.47 Å². The summed E-state index contributed by atoms with van der Waals surface area (Å²) >= 11 is 0. The Labute approximate surface area is 281 Å². The number of aromatic hydroxyl groups is 1. The van der Waals surface area contributed by atoms with Gasteiger partial charge in [-0.1, -0.05) is 12.1 Å². The number of halogens is 26. The van der Waals surface area contributed by atoms with Crippen LogP contribution in [0.1, 0.15) is 37.5 Å². The van der Waals surface area contributed by atoms with Crippen LogP contribution in [-0.2, 0) is 9.47 Å². The third-order valence-corrected chi connectivity index (χ3v) is 7.78. The first-order valence-corrected chi connectivity index (χ1v) is 13.5. The van der Waals surface area contributed by atoms with E-state index in [0.29, 0.717) is 6.07 Å². The highest BCUT2D eigenvalue weighted by Crippen LogP contribution is 2.63. The van der Waals surface area contributed by atoms with Crippen molar-refractivity contribution in [1.82, 2.24) is 0 Å². The van der Waals surface area contributed by atoms with Crippen LogP contribution in [-0.4, -0.2) is 88.9 Å². The van der Waals surface area contributed by atoms with Gasteiger partial charge in [0.05, 0.1) is 12.2 Å². The molecule has 0 spiro atoms. The lowest BCUT2D eigenvalue weighted by Gasteiger charge is -2.41. The lowest BCUT2D eigenvalue weighted by atomic mass is 9.84. The van der Waals surface area contributed by atoms with Crippen molar-refractivity contribution in [3.8, 4) is 5.75 Å². The molecule has 1 saturated heterocycles. The third kappa shape index (κ3) is 7.15. The molecule has 2 rings (SSSR count). The summed E-state index contributed by atoms with van der Waals surface area (Å²) in [7, 11) is 0. The highest BCUT2D eigenvalue weighted by Gasteiger charge is 2.92. The molecule has 0 aromatic heterocycles. The maximum atomic E-state index is 14.5. The predicted molar refractivity (Wildman–Crippen MR) is 121 cm³/mol. The van der Waals surface area contributed by atoms with Crippen LogP contribution in [0.25, 0.3) is 0 Å². The van der Waals surface area contributed by atoms with Crippen LogP contribution in [0.5, 0.6) is 5.75 Å². The van der Waals surface area contributed by atoms with E-state index in [9.17, 15) is 119 Å². The molecule has 0 saturated carbocycles. The smallest absolute Gasteiger partial charge is 0.460 e. The maximum Gasteiger partial charge on any atom is 0.460 e. The van der Waals surface area contributed by atoms with Crippen molar-refractivity contribution in [1.29, 1.82) is 0 Å². The molecule has 1 aromatic rings. The minimum atomic E-state index is -8.42. The molecule has 316 valence electrons. The van der Waals surface area contributed by atoms with E-state index in [0.717, 1.165) is 18.2 Å². The fourth-order valence-electron chi connectivity index (χ4n) is 4.43. The Morgan fingerprint density at radius 2 is 0.833 bits per heavy atom. The summed E-state index contributed by atoms with van der Waals surface area (Å²) in [5.41, 5.74) is -4.19. The normalized spacial score (nSPS) is 19.4. The van der Waals surface area contributed by atoms with Crippen LogP contribution in [0.15, 0.2) is 24.3 Å². The van der Waals surface area contributed by atoms with Gasteiger partial charge in [0.25, 0.3) is 0 Å². The minimum Gasteiger partial charge on any atom is -0.508 e. The molecule has 0 aliphatic carbocycles. The molecule has 1 unspecified atom stereocenters. The summed E-state index contributed by atoms with van der Waals surface area (Å²) in [6.45, 7) is -1.81. The molecule has 29 heteroatoms. The molecule has 0 bridgehead atoms. The van der Waals surface area contributed by atoms with Crippen LogP contribution >= 0.6 is 0 Å². The number of phenols is 1. The van der Waals surface area contributed by atoms with Crippen LogP contribution in [0.3, 0.4) is 0 Å². The van der Waals surface area contributed by atoms with Gasteiger partial charge in [-0.15, -0.1) is 0 Å². The van der Waals surface area contributed by atoms with E-state index in [1.165, 1.54) is 0 Å². The van der Waals surface area contributed by atoms with Crippen LogP contribution < -0.4 is 0 Å². The third-order valence-electron chi connectivity index (χ3n) is 7.78. The molecule has 1 atom stereocenters. The van der Waals surface area contributed by atoms with Gasteiger partial charge in [-0.25, -0.2) is 0 Å². The SMILES string of the molecule is Oc1cccc(C2OCC(CCC(F)(F)C(F)(F)C(F)(F)C(F)(F)C(F)(F)C(F)(F)F)(CCC(F)(F)C(F)(F)C(F)(F)C(F)(F)C(F)(F)C(F)(F)F)O2)c1. The second kappa shape index (κ2) is 13.4. The highest BCUT2D eigenvalue weighted by molar-refractivity contribution is 5.28.